The smallest absolute Gasteiger partial charge is 0.241 e. The molecule has 3 rings (SSSR count). The lowest BCUT2D eigenvalue weighted by Crippen LogP contribution is -2.51. The molecule has 2 atom stereocenters. The maximum atomic E-state index is 12.5. The minimum absolute atomic E-state index is 0.0862. The molecule has 0 bridgehead atoms. The molecular formula is C14H20N2O4S. The highest BCUT2D eigenvalue weighted by Crippen LogP contribution is 2.32. The Bertz CT molecular complexity index is 617. The van der Waals surface area contributed by atoms with Gasteiger partial charge >= 0.3 is 0 Å². The Morgan fingerprint density at radius 3 is 2.76 bits per heavy atom. The zero-order valence-corrected chi connectivity index (χ0v) is 12.8. The lowest BCUT2D eigenvalue weighted by Gasteiger charge is -2.30. The van der Waals surface area contributed by atoms with E-state index in [1.165, 1.54) is 6.07 Å². The van der Waals surface area contributed by atoms with Crippen molar-refractivity contribution in [1.29, 1.82) is 0 Å². The van der Waals surface area contributed by atoms with Gasteiger partial charge in [0, 0.05) is 18.2 Å². The monoisotopic (exact) mass is 312 g/mol. The molecule has 2 heterocycles. The maximum absolute atomic E-state index is 12.5. The molecule has 0 saturated carbocycles. The van der Waals surface area contributed by atoms with Gasteiger partial charge in [-0.2, -0.15) is 0 Å². The number of ether oxygens (including phenoxy) is 2. The Balaban J connectivity index is 1.81. The molecule has 1 aromatic carbocycles. The summed E-state index contributed by atoms with van der Waals surface area (Å²) >= 11 is 0. The lowest BCUT2D eigenvalue weighted by molar-refractivity contribution is 0.171. The van der Waals surface area contributed by atoms with E-state index < -0.39 is 10.0 Å². The van der Waals surface area contributed by atoms with E-state index >= 15 is 0 Å². The van der Waals surface area contributed by atoms with Crippen LogP contribution in [0.3, 0.4) is 0 Å². The number of hydrogen-bond donors (Lipinski definition) is 2. The molecule has 7 heteroatoms. The highest BCUT2D eigenvalue weighted by molar-refractivity contribution is 7.89. The standard InChI is InChI=1S/C14H20N2O4S/c1-10-12(3-2-6-15-10)16-21(17,18)11-4-5-13-14(9-11)20-8-7-19-13/h4-5,9-10,12,15-16H,2-3,6-8H2,1H3/t10-,12+/m1/s1. The second-order valence-electron chi connectivity index (χ2n) is 5.42. The van der Waals surface area contributed by atoms with Crippen LogP contribution in [-0.4, -0.2) is 40.3 Å². The predicted molar refractivity (Wildman–Crippen MR) is 78.2 cm³/mol. The van der Waals surface area contributed by atoms with Gasteiger partial charge in [0.05, 0.1) is 4.90 Å². The molecule has 116 valence electrons. The van der Waals surface area contributed by atoms with Crippen LogP contribution in [-0.2, 0) is 10.0 Å². The minimum atomic E-state index is -3.55. The van der Waals surface area contributed by atoms with E-state index in [-0.39, 0.29) is 17.0 Å². The summed E-state index contributed by atoms with van der Waals surface area (Å²) in [5.74, 6) is 1.08. The number of sulfonamides is 1. The van der Waals surface area contributed by atoms with Crippen molar-refractivity contribution in [2.45, 2.75) is 36.7 Å². The molecule has 0 radical (unpaired) electrons. The number of fused-ring (bicyclic) bond motifs is 1. The van der Waals surface area contributed by atoms with Gasteiger partial charge in [0.25, 0.3) is 0 Å². The predicted octanol–water partition coefficient (Wildman–Crippen LogP) is 0.877. The fraction of sp³-hybridized carbons (Fsp3) is 0.571. The Labute approximate surface area is 124 Å². The summed E-state index contributed by atoms with van der Waals surface area (Å²) in [6.45, 7) is 3.86. The SMILES string of the molecule is C[C@H]1NCCC[C@@H]1NS(=O)(=O)c1ccc2c(c1)OCCO2. The van der Waals surface area contributed by atoms with Crippen LogP contribution in [0.1, 0.15) is 19.8 Å². The third kappa shape index (κ3) is 3.14. The quantitative estimate of drug-likeness (QED) is 0.866. The molecule has 21 heavy (non-hydrogen) atoms. The highest BCUT2D eigenvalue weighted by Gasteiger charge is 2.27. The molecular weight excluding hydrogens is 292 g/mol. The molecule has 2 aliphatic heterocycles. The van der Waals surface area contributed by atoms with Gasteiger partial charge in [-0.3, -0.25) is 0 Å². The lowest BCUT2D eigenvalue weighted by atomic mass is 10.0. The Hall–Kier alpha value is -1.31. The molecule has 0 aromatic heterocycles. The summed E-state index contributed by atoms with van der Waals surface area (Å²) in [5, 5.41) is 3.28. The van der Waals surface area contributed by atoms with Crippen LogP contribution in [0.2, 0.25) is 0 Å². The van der Waals surface area contributed by atoms with E-state index in [1.807, 2.05) is 6.92 Å². The second-order valence-corrected chi connectivity index (χ2v) is 7.13. The van der Waals surface area contributed by atoms with Crippen LogP contribution in [0.15, 0.2) is 23.1 Å². The van der Waals surface area contributed by atoms with Gasteiger partial charge in [0.2, 0.25) is 10.0 Å². The van der Waals surface area contributed by atoms with Crippen molar-refractivity contribution in [3.05, 3.63) is 18.2 Å². The van der Waals surface area contributed by atoms with E-state index in [9.17, 15) is 8.42 Å². The average molecular weight is 312 g/mol. The molecule has 1 aromatic rings. The summed E-state index contributed by atoms with van der Waals surface area (Å²) in [6.07, 6.45) is 1.82. The Kier molecular flexibility index (Phi) is 4.05. The fourth-order valence-corrected chi connectivity index (χ4v) is 4.03. The van der Waals surface area contributed by atoms with Gasteiger partial charge in [-0.05, 0) is 38.4 Å². The molecule has 1 saturated heterocycles. The van der Waals surface area contributed by atoms with E-state index in [0.717, 1.165) is 19.4 Å². The van der Waals surface area contributed by atoms with E-state index in [2.05, 4.69) is 10.0 Å². The van der Waals surface area contributed by atoms with Crippen LogP contribution >= 0.6 is 0 Å². The first kappa shape index (κ1) is 14.6. The van der Waals surface area contributed by atoms with Crippen LogP contribution in [0.5, 0.6) is 11.5 Å². The van der Waals surface area contributed by atoms with E-state index in [4.69, 9.17) is 9.47 Å². The third-order valence-corrected chi connectivity index (χ3v) is 5.38. The zero-order valence-electron chi connectivity index (χ0n) is 12.0. The zero-order chi connectivity index (χ0) is 14.9. The van der Waals surface area contributed by atoms with Crippen molar-refractivity contribution in [1.82, 2.24) is 10.0 Å². The van der Waals surface area contributed by atoms with Crippen LogP contribution in [0.4, 0.5) is 0 Å². The molecule has 0 spiro atoms. The first-order valence-electron chi connectivity index (χ1n) is 7.22. The molecule has 2 N–H and O–H groups in total. The van der Waals surface area contributed by atoms with Gasteiger partial charge in [0.15, 0.2) is 11.5 Å². The van der Waals surface area contributed by atoms with Gasteiger partial charge in [-0.25, -0.2) is 13.1 Å². The van der Waals surface area contributed by atoms with E-state index in [0.29, 0.717) is 24.7 Å². The molecule has 0 aliphatic carbocycles. The number of nitrogens with one attached hydrogen (secondary N) is 2. The van der Waals surface area contributed by atoms with Crippen molar-refractivity contribution < 1.29 is 17.9 Å². The van der Waals surface area contributed by atoms with Crippen molar-refractivity contribution in [2.24, 2.45) is 0 Å². The van der Waals surface area contributed by atoms with Gasteiger partial charge < -0.3 is 14.8 Å². The van der Waals surface area contributed by atoms with E-state index in [1.54, 1.807) is 12.1 Å². The first-order valence-corrected chi connectivity index (χ1v) is 8.70. The normalized spacial score (nSPS) is 25.6. The van der Waals surface area contributed by atoms with Crippen molar-refractivity contribution in [3.63, 3.8) is 0 Å². The first-order chi connectivity index (χ1) is 10.1. The molecule has 2 aliphatic rings. The highest BCUT2D eigenvalue weighted by atomic mass is 32.2. The van der Waals surface area contributed by atoms with Crippen LogP contribution in [0.25, 0.3) is 0 Å². The maximum Gasteiger partial charge on any atom is 0.241 e. The van der Waals surface area contributed by atoms with Crippen molar-refractivity contribution in [3.8, 4) is 11.5 Å². The van der Waals surface area contributed by atoms with Gasteiger partial charge in [0.1, 0.15) is 13.2 Å². The number of hydrogen-bond acceptors (Lipinski definition) is 5. The molecule has 1 fully saturated rings. The summed E-state index contributed by atoms with van der Waals surface area (Å²) in [6, 6.07) is 4.77. The summed E-state index contributed by atoms with van der Waals surface area (Å²) < 4.78 is 38.6. The Morgan fingerprint density at radius 2 is 2.00 bits per heavy atom. The largest absolute Gasteiger partial charge is 0.486 e. The molecule has 0 unspecified atom stereocenters. The Morgan fingerprint density at radius 1 is 1.24 bits per heavy atom. The topological polar surface area (TPSA) is 76.7 Å². The third-order valence-electron chi connectivity index (χ3n) is 3.89. The van der Waals surface area contributed by atoms with Gasteiger partial charge in [-0.1, -0.05) is 0 Å². The number of piperidine rings is 1. The molecule has 6 nitrogen and oxygen atoms in total. The number of benzene rings is 1. The second kappa shape index (κ2) is 5.82. The minimum Gasteiger partial charge on any atom is -0.486 e. The van der Waals surface area contributed by atoms with Gasteiger partial charge in [-0.15, -0.1) is 0 Å². The fourth-order valence-electron chi connectivity index (χ4n) is 2.66. The summed E-state index contributed by atoms with van der Waals surface area (Å²) in [4.78, 5) is 0.213. The molecule has 0 amide bonds. The van der Waals surface area contributed by atoms with Crippen LogP contribution in [0, 0.1) is 0 Å². The van der Waals surface area contributed by atoms with Crippen molar-refractivity contribution in [2.75, 3.05) is 19.8 Å². The van der Waals surface area contributed by atoms with Crippen LogP contribution < -0.4 is 19.5 Å². The summed E-state index contributed by atoms with van der Waals surface area (Å²) in [5.41, 5.74) is 0. The number of rotatable bonds is 3. The average Bonchev–Trinajstić information content (AvgIpc) is 2.49. The summed E-state index contributed by atoms with van der Waals surface area (Å²) in [7, 11) is -3.55. The van der Waals surface area contributed by atoms with Crippen molar-refractivity contribution >= 4 is 10.0 Å².